The molecule has 0 unspecified atom stereocenters. The van der Waals surface area contributed by atoms with E-state index in [1.165, 1.54) is 0 Å². The molecule has 1 aromatic heterocycles. The summed E-state index contributed by atoms with van der Waals surface area (Å²) in [5.41, 5.74) is 1.06. The van der Waals surface area contributed by atoms with Gasteiger partial charge in [-0.15, -0.1) is 0 Å². The maximum Gasteiger partial charge on any atom is 0.319 e. The zero-order valence-corrected chi connectivity index (χ0v) is 16.1. The molecule has 1 N–H and O–H groups in total. The first-order valence-corrected chi connectivity index (χ1v) is 10.2. The lowest BCUT2D eigenvalue weighted by Gasteiger charge is -2.35. The summed E-state index contributed by atoms with van der Waals surface area (Å²) in [6.45, 7) is 3.84. The predicted octanol–water partition coefficient (Wildman–Crippen LogP) is 1.77. The van der Waals surface area contributed by atoms with Gasteiger partial charge in [0.1, 0.15) is 0 Å². The summed E-state index contributed by atoms with van der Waals surface area (Å²) in [5, 5.41) is 7.40. The van der Waals surface area contributed by atoms with Crippen LogP contribution < -0.4 is 5.32 Å². The lowest BCUT2D eigenvalue weighted by molar-refractivity contribution is 0.142. The Kier molecular flexibility index (Phi) is 5.22. The van der Waals surface area contributed by atoms with Crippen LogP contribution >= 0.6 is 0 Å². The molecule has 0 radical (unpaired) electrons. The molecule has 0 bridgehead atoms. The summed E-state index contributed by atoms with van der Waals surface area (Å²) in [4.78, 5) is 31.2. The maximum atomic E-state index is 12.8. The largest absolute Gasteiger partial charge is 0.335 e. The molecule has 4 rings (SSSR count). The topological polar surface area (TPSA) is 73.7 Å². The summed E-state index contributed by atoms with van der Waals surface area (Å²) >= 11 is 0. The fourth-order valence-corrected chi connectivity index (χ4v) is 4.08. The highest BCUT2D eigenvalue weighted by atomic mass is 16.2. The number of nitrogens with zero attached hydrogens (tertiary/aromatic N) is 5. The number of aryl methyl sites for hydroxylation is 1. The molecule has 2 aliphatic heterocycles. The highest BCUT2D eigenvalue weighted by Gasteiger charge is 2.34. The zero-order valence-electron chi connectivity index (χ0n) is 16.1. The Morgan fingerprint density at radius 2 is 1.78 bits per heavy atom. The number of urea groups is 2. The lowest BCUT2D eigenvalue weighted by atomic mass is 10.1. The number of aromatic nitrogens is 2. The van der Waals surface area contributed by atoms with Crippen molar-refractivity contribution < 1.29 is 9.59 Å². The number of carbonyl (C=O) groups excluding carboxylic acids is 2. The second kappa shape index (κ2) is 7.78. The van der Waals surface area contributed by atoms with Crippen LogP contribution in [0.4, 0.5) is 9.59 Å². The van der Waals surface area contributed by atoms with Crippen LogP contribution in [0.2, 0.25) is 0 Å². The standard InChI is InChI=1S/C19H30N6O2/c1-22-13-15(12-20-22)14-25(17-4-5-17)18(26)21-16-6-10-24(11-7-16)19(27)23-8-2-3-9-23/h12-13,16-17H,2-11,14H2,1H3,(H,21,26). The first-order valence-electron chi connectivity index (χ1n) is 10.2. The second-order valence-electron chi connectivity index (χ2n) is 8.07. The van der Waals surface area contributed by atoms with Crippen molar-refractivity contribution in [2.45, 2.75) is 57.2 Å². The van der Waals surface area contributed by atoms with Crippen LogP contribution in [0.3, 0.4) is 0 Å². The van der Waals surface area contributed by atoms with Gasteiger partial charge in [0.05, 0.1) is 12.7 Å². The fraction of sp³-hybridized carbons (Fsp3) is 0.737. The van der Waals surface area contributed by atoms with E-state index in [1.54, 1.807) is 4.68 Å². The van der Waals surface area contributed by atoms with Crippen molar-refractivity contribution in [2.75, 3.05) is 26.2 Å². The molecule has 0 aromatic carbocycles. The van der Waals surface area contributed by atoms with E-state index in [0.717, 1.165) is 70.3 Å². The molecule has 4 amide bonds. The van der Waals surface area contributed by atoms with E-state index in [2.05, 4.69) is 10.4 Å². The van der Waals surface area contributed by atoms with Gasteiger partial charge in [-0.3, -0.25) is 4.68 Å². The third-order valence-electron chi connectivity index (χ3n) is 5.83. The number of hydrogen-bond acceptors (Lipinski definition) is 3. The Balaban J connectivity index is 1.27. The summed E-state index contributed by atoms with van der Waals surface area (Å²) < 4.78 is 1.77. The Labute approximate surface area is 160 Å². The summed E-state index contributed by atoms with van der Waals surface area (Å²) in [7, 11) is 1.89. The maximum absolute atomic E-state index is 12.8. The number of nitrogens with one attached hydrogen (secondary N) is 1. The molecular formula is C19H30N6O2. The van der Waals surface area contributed by atoms with Gasteiger partial charge in [0.2, 0.25) is 0 Å². The molecule has 27 heavy (non-hydrogen) atoms. The summed E-state index contributed by atoms with van der Waals surface area (Å²) in [5.74, 6) is 0. The molecule has 0 atom stereocenters. The van der Waals surface area contributed by atoms with E-state index < -0.39 is 0 Å². The molecule has 1 aliphatic carbocycles. The van der Waals surface area contributed by atoms with Gasteiger partial charge in [0, 0.05) is 57.1 Å². The average molecular weight is 374 g/mol. The average Bonchev–Trinajstić information content (AvgIpc) is 3.18. The van der Waals surface area contributed by atoms with Gasteiger partial charge < -0.3 is 20.0 Å². The first-order chi connectivity index (χ1) is 13.1. The van der Waals surface area contributed by atoms with Gasteiger partial charge in [-0.05, 0) is 38.5 Å². The molecule has 2 saturated heterocycles. The van der Waals surface area contributed by atoms with Crippen LogP contribution in [-0.4, -0.2) is 74.8 Å². The van der Waals surface area contributed by atoms with Crippen LogP contribution in [0, 0.1) is 0 Å². The van der Waals surface area contributed by atoms with E-state index in [4.69, 9.17) is 0 Å². The van der Waals surface area contributed by atoms with Gasteiger partial charge in [-0.1, -0.05) is 0 Å². The Morgan fingerprint density at radius 3 is 2.37 bits per heavy atom. The zero-order chi connectivity index (χ0) is 18.8. The molecular weight excluding hydrogens is 344 g/mol. The molecule has 0 spiro atoms. The quantitative estimate of drug-likeness (QED) is 0.873. The van der Waals surface area contributed by atoms with Crippen molar-refractivity contribution in [3.63, 3.8) is 0 Å². The number of amides is 4. The minimum absolute atomic E-state index is 0.0191. The van der Waals surface area contributed by atoms with Crippen LogP contribution in [-0.2, 0) is 13.6 Å². The number of likely N-dealkylation sites (tertiary alicyclic amines) is 2. The van der Waals surface area contributed by atoms with Crippen molar-refractivity contribution >= 4 is 12.1 Å². The molecule has 3 heterocycles. The van der Waals surface area contributed by atoms with Gasteiger partial charge in [0.25, 0.3) is 0 Å². The summed E-state index contributed by atoms with van der Waals surface area (Å²) in [6.07, 6.45) is 9.84. The normalized spacial score (nSPS) is 20.8. The van der Waals surface area contributed by atoms with Crippen LogP contribution in [0.15, 0.2) is 12.4 Å². The van der Waals surface area contributed by atoms with E-state index in [-0.39, 0.29) is 18.1 Å². The third kappa shape index (κ3) is 4.36. The number of hydrogen-bond donors (Lipinski definition) is 1. The number of piperidine rings is 1. The van der Waals surface area contributed by atoms with Gasteiger partial charge >= 0.3 is 12.1 Å². The van der Waals surface area contributed by atoms with Crippen LogP contribution in [0.5, 0.6) is 0 Å². The van der Waals surface area contributed by atoms with E-state index in [9.17, 15) is 9.59 Å². The molecule has 3 fully saturated rings. The van der Waals surface area contributed by atoms with Gasteiger partial charge in [0.15, 0.2) is 0 Å². The van der Waals surface area contributed by atoms with Crippen molar-refractivity contribution in [1.82, 2.24) is 29.8 Å². The smallest absolute Gasteiger partial charge is 0.319 e. The molecule has 1 aromatic rings. The highest BCUT2D eigenvalue weighted by Crippen LogP contribution is 2.28. The monoisotopic (exact) mass is 374 g/mol. The number of rotatable bonds is 4. The molecule has 3 aliphatic rings. The van der Waals surface area contributed by atoms with Crippen molar-refractivity contribution in [2.24, 2.45) is 7.05 Å². The summed E-state index contributed by atoms with van der Waals surface area (Å²) in [6, 6.07) is 0.691. The van der Waals surface area contributed by atoms with E-state index >= 15 is 0 Å². The number of carbonyl (C=O) groups is 2. The van der Waals surface area contributed by atoms with E-state index in [1.807, 2.05) is 34.1 Å². The Hall–Kier alpha value is -2.25. The highest BCUT2D eigenvalue weighted by molar-refractivity contribution is 5.76. The van der Waals surface area contributed by atoms with Crippen molar-refractivity contribution in [3.05, 3.63) is 18.0 Å². The van der Waals surface area contributed by atoms with Crippen molar-refractivity contribution in [1.29, 1.82) is 0 Å². The SMILES string of the molecule is Cn1cc(CN(C(=O)NC2CCN(C(=O)N3CCCC3)CC2)C2CC2)cn1. The molecule has 148 valence electrons. The van der Waals surface area contributed by atoms with Crippen LogP contribution in [0.1, 0.15) is 44.1 Å². The van der Waals surface area contributed by atoms with Gasteiger partial charge in [-0.25, -0.2) is 9.59 Å². The molecule has 8 heteroatoms. The van der Waals surface area contributed by atoms with Crippen molar-refractivity contribution in [3.8, 4) is 0 Å². The van der Waals surface area contributed by atoms with E-state index in [0.29, 0.717) is 12.6 Å². The van der Waals surface area contributed by atoms with Crippen LogP contribution in [0.25, 0.3) is 0 Å². The second-order valence-corrected chi connectivity index (χ2v) is 8.07. The lowest BCUT2D eigenvalue weighted by Crippen LogP contribution is -2.52. The minimum atomic E-state index is 0.0191. The third-order valence-corrected chi connectivity index (χ3v) is 5.83. The molecule has 1 saturated carbocycles. The predicted molar refractivity (Wildman–Crippen MR) is 101 cm³/mol. The fourth-order valence-electron chi connectivity index (χ4n) is 4.08. The minimum Gasteiger partial charge on any atom is -0.335 e. The first kappa shape index (κ1) is 18.1. The molecule has 8 nitrogen and oxygen atoms in total. The van der Waals surface area contributed by atoms with Gasteiger partial charge in [-0.2, -0.15) is 5.10 Å². The Morgan fingerprint density at radius 1 is 1.11 bits per heavy atom. The Bertz CT molecular complexity index is 671.